The molecule has 212 valence electrons. The third-order valence-corrected chi connectivity index (χ3v) is 8.20. The minimum atomic E-state index is -0.955. The minimum absolute atomic E-state index is 0.0399. The van der Waals surface area contributed by atoms with Crippen molar-refractivity contribution in [2.75, 3.05) is 11.5 Å². The Labute approximate surface area is 237 Å². The zero-order valence-corrected chi connectivity index (χ0v) is 23.3. The van der Waals surface area contributed by atoms with Gasteiger partial charge in [0.15, 0.2) is 0 Å². The van der Waals surface area contributed by atoms with Crippen LogP contribution in [0.2, 0.25) is 5.02 Å². The molecule has 1 fully saturated rings. The monoisotopic (exact) mass is 568 g/mol. The number of nitrogens with zero attached hydrogens (tertiary/aromatic N) is 2. The van der Waals surface area contributed by atoms with Gasteiger partial charge in [0.1, 0.15) is 5.75 Å². The normalized spacial score (nSPS) is 22.2. The van der Waals surface area contributed by atoms with Gasteiger partial charge in [-0.25, -0.2) is 4.90 Å². The van der Waals surface area contributed by atoms with Crippen LogP contribution in [0.3, 0.4) is 0 Å². The van der Waals surface area contributed by atoms with E-state index in [1.807, 2.05) is 26.8 Å². The Balaban J connectivity index is 1.61. The van der Waals surface area contributed by atoms with Crippen molar-refractivity contribution in [2.24, 2.45) is 23.7 Å². The number of aliphatic hydroxyl groups is 2. The number of carbonyl (C=O) groups is 2. The van der Waals surface area contributed by atoms with Crippen LogP contribution >= 0.6 is 11.6 Å². The molecule has 4 rings (SSSR count). The molecular formula is C30H33ClN2O7. The average molecular weight is 569 g/mol. The Morgan fingerprint density at radius 3 is 2.55 bits per heavy atom. The van der Waals surface area contributed by atoms with E-state index in [2.05, 4.69) is 0 Å². The standard InChI is InChI=1S/C30H33ClN2O7/c1-16(2)22-14-23-28(30(38)32(29(23)37)19-5-4-6-20(12-19)33(39)40)24(15-34)27(22)26(36)10-7-17(3)11-18-8-9-21(35)13-25(18)31/h4-6,8-9,11-13,16,23-24,26,28,34-36H,7,10,14-15H2,1-3H3/b17-11+/t23-,24+,26-,28-/m1/s1. The van der Waals surface area contributed by atoms with E-state index in [1.54, 1.807) is 12.1 Å². The van der Waals surface area contributed by atoms with Crippen molar-refractivity contribution in [1.82, 2.24) is 0 Å². The Bertz CT molecular complexity index is 1400. The third-order valence-electron chi connectivity index (χ3n) is 7.87. The highest BCUT2D eigenvalue weighted by Crippen LogP contribution is 2.49. The predicted octanol–water partition coefficient (Wildman–Crippen LogP) is 5.27. The van der Waals surface area contributed by atoms with Crippen LogP contribution in [0.4, 0.5) is 11.4 Å². The van der Waals surface area contributed by atoms with Gasteiger partial charge in [0.2, 0.25) is 11.8 Å². The second-order valence-corrected chi connectivity index (χ2v) is 11.2. The molecule has 9 nitrogen and oxygen atoms in total. The summed E-state index contributed by atoms with van der Waals surface area (Å²) in [5, 5.41) is 43.2. The molecule has 1 aliphatic heterocycles. The van der Waals surface area contributed by atoms with Crippen molar-refractivity contribution < 1.29 is 29.8 Å². The number of aliphatic hydroxyl groups excluding tert-OH is 2. The average Bonchev–Trinajstić information content (AvgIpc) is 3.17. The van der Waals surface area contributed by atoms with Gasteiger partial charge < -0.3 is 15.3 Å². The summed E-state index contributed by atoms with van der Waals surface area (Å²) in [5.41, 5.74) is 3.00. The van der Waals surface area contributed by atoms with Gasteiger partial charge in [-0.1, -0.05) is 48.7 Å². The highest BCUT2D eigenvalue weighted by atomic mass is 35.5. The van der Waals surface area contributed by atoms with Gasteiger partial charge in [-0.3, -0.25) is 19.7 Å². The van der Waals surface area contributed by atoms with Crippen molar-refractivity contribution in [3.05, 3.63) is 79.9 Å². The molecule has 40 heavy (non-hydrogen) atoms. The first-order chi connectivity index (χ1) is 18.9. The summed E-state index contributed by atoms with van der Waals surface area (Å²) in [6, 6.07) is 10.1. The molecule has 2 aliphatic rings. The van der Waals surface area contributed by atoms with Crippen LogP contribution in [0.1, 0.15) is 45.6 Å². The zero-order chi connectivity index (χ0) is 29.3. The number of hydrogen-bond acceptors (Lipinski definition) is 7. The quantitative estimate of drug-likeness (QED) is 0.162. The molecule has 2 aromatic rings. The SMILES string of the molecule is C/C(=C\c1ccc(O)cc1Cl)CC[C@@H](O)C1=C(C(C)C)C[C@H]2C(=O)N(c3cccc([N+](=O)[O-])c3)C(=O)[C@H]2[C@H]1CO. The number of hydrogen-bond donors (Lipinski definition) is 3. The molecule has 0 unspecified atom stereocenters. The van der Waals surface area contributed by atoms with Crippen LogP contribution in [-0.4, -0.2) is 44.8 Å². The molecule has 2 aromatic carbocycles. The lowest BCUT2D eigenvalue weighted by atomic mass is 9.66. The van der Waals surface area contributed by atoms with Crippen molar-refractivity contribution in [3.8, 4) is 5.75 Å². The molecule has 0 aromatic heterocycles. The fourth-order valence-electron chi connectivity index (χ4n) is 5.94. The number of anilines is 1. The number of nitro benzene ring substituents is 1. The van der Waals surface area contributed by atoms with E-state index in [0.717, 1.165) is 21.6 Å². The second-order valence-electron chi connectivity index (χ2n) is 10.8. The number of allylic oxidation sites excluding steroid dienone is 2. The van der Waals surface area contributed by atoms with E-state index >= 15 is 0 Å². The van der Waals surface area contributed by atoms with Gasteiger partial charge in [-0.05, 0) is 67.5 Å². The Morgan fingerprint density at radius 2 is 1.93 bits per heavy atom. The first-order valence-corrected chi connectivity index (χ1v) is 13.6. The Hall–Kier alpha value is -3.53. The van der Waals surface area contributed by atoms with Crippen LogP contribution in [0.5, 0.6) is 5.75 Å². The van der Waals surface area contributed by atoms with Crippen LogP contribution in [0.25, 0.3) is 6.08 Å². The molecule has 1 saturated heterocycles. The molecule has 4 atom stereocenters. The number of phenols is 1. The molecule has 1 aliphatic carbocycles. The number of carbonyl (C=O) groups excluding carboxylic acids is 2. The topological polar surface area (TPSA) is 141 Å². The largest absolute Gasteiger partial charge is 0.508 e. The number of benzene rings is 2. The summed E-state index contributed by atoms with van der Waals surface area (Å²) >= 11 is 6.22. The van der Waals surface area contributed by atoms with Gasteiger partial charge in [0, 0.05) is 18.1 Å². The summed E-state index contributed by atoms with van der Waals surface area (Å²) in [7, 11) is 0. The number of amides is 2. The molecule has 10 heteroatoms. The van der Waals surface area contributed by atoms with Crippen molar-refractivity contribution in [3.63, 3.8) is 0 Å². The minimum Gasteiger partial charge on any atom is -0.508 e. The lowest BCUT2D eigenvalue weighted by Gasteiger charge is -2.38. The summed E-state index contributed by atoms with van der Waals surface area (Å²) in [4.78, 5) is 38.9. The fraction of sp³-hybridized carbons (Fsp3) is 0.400. The number of rotatable bonds is 9. The third kappa shape index (κ3) is 5.68. The number of fused-ring (bicyclic) bond motifs is 1. The molecule has 0 radical (unpaired) electrons. The number of imide groups is 1. The summed E-state index contributed by atoms with van der Waals surface area (Å²) in [5.74, 6) is -3.32. The highest BCUT2D eigenvalue weighted by molar-refractivity contribution is 6.32. The van der Waals surface area contributed by atoms with E-state index in [-0.39, 0.29) is 29.5 Å². The molecule has 2 amide bonds. The van der Waals surface area contributed by atoms with Gasteiger partial charge in [-0.2, -0.15) is 0 Å². The van der Waals surface area contributed by atoms with Crippen LogP contribution in [0.15, 0.2) is 59.2 Å². The van der Waals surface area contributed by atoms with Crippen LogP contribution in [0, 0.1) is 33.8 Å². The van der Waals surface area contributed by atoms with E-state index in [4.69, 9.17) is 11.6 Å². The number of nitro groups is 1. The Kier molecular flexibility index (Phi) is 8.77. The molecule has 1 heterocycles. The van der Waals surface area contributed by atoms with E-state index in [0.29, 0.717) is 23.4 Å². The fourth-order valence-corrected chi connectivity index (χ4v) is 6.16. The predicted molar refractivity (Wildman–Crippen MR) is 152 cm³/mol. The maximum atomic E-state index is 13.7. The summed E-state index contributed by atoms with van der Waals surface area (Å²) in [6.07, 6.45) is 2.02. The maximum Gasteiger partial charge on any atom is 0.271 e. The van der Waals surface area contributed by atoms with Gasteiger partial charge >= 0.3 is 0 Å². The molecule has 3 N–H and O–H groups in total. The van der Waals surface area contributed by atoms with Crippen molar-refractivity contribution in [1.29, 1.82) is 0 Å². The first-order valence-electron chi connectivity index (χ1n) is 13.2. The molecular weight excluding hydrogens is 536 g/mol. The van der Waals surface area contributed by atoms with Gasteiger partial charge in [0.05, 0.1) is 40.2 Å². The smallest absolute Gasteiger partial charge is 0.271 e. The Morgan fingerprint density at radius 1 is 1.20 bits per heavy atom. The van der Waals surface area contributed by atoms with Gasteiger partial charge in [-0.15, -0.1) is 0 Å². The number of phenolic OH excluding ortho intramolecular Hbond substituents is 1. The second kappa shape index (κ2) is 11.9. The highest BCUT2D eigenvalue weighted by Gasteiger charge is 2.55. The van der Waals surface area contributed by atoms with E-state index in [9.17, 15) is 35.0 Å². The van der Waals surface area contributed by atoms with E-state index in [1.165, 1.54) is 30.3 Å². The number of non-ortho nitro benzene ring substituents is 1. The maximum absolute atomic E-state index is 13.7. The zero-order valence-electron chi connectivity index (χ0n) is 22.6. The molecule has 0 saturated carbocycles. The lowest BCUT2D eigenvalue weighted by molar-refractivity contribution is -0.384. The first kappa shape index (κ1) is 29.5. The number of halogens is 1. The molecule has 0 bridgehead atoms. The van der Waals surface area contributed by atoms with Crippen LogP contribution < -0.4 is 4.90 Å². The number of aromatic hydroxyl groups is 1. The summed E-state index contributed by atoms with van der Waals surface area (Å²) < 4.78 is 0. The van der Waals surface area contributed by atoms with Crippen LogP contribution in [-0.2, 0) is 9.59 Å². The van der Waals surface area contributed by atoms with Gasteiger partial charge in [0.25, 0.3) is 5.69 Å². The summed E-state index contributed by atoms with van der Waals surface area (Å²) in [6.45, 7) is 5.39. The molecule has 0 spiro atoms. The lowest BCUT2D eigenvalue weighted by Crippen LogP contribution is -2.39. The van der Waals surface area contributed by atoms with Crippen molar-refractivity contribution >= 4 is 40.9 Å². The van der Waals surface area contributed by atoms with E-state index < -0.39 is 47.2 Å². The van der Waals surface area contributed by atoms with Crippen molar-refractivity contribution in [2.45, 2.75) is 46.1 Å².